The monoisotopic (exact) mass is 331 g/mol. The smallest absolute Gasteiger partial charge is 0.253 e. The number of nitrogens with zero attached hydrogens (tertiary/aromatic N) is 1. The van der Waals surface area contributed by atoms with Gasteiger partial charge in [-0.1, -0.05) is 78.9 Å². The Balaban J connectivity index is 2.20. The van der Waals surface area contributed by atoms with Crippen molar-refractivity contribution in [2.75, 3.05) is 11.5 Å². The average Bonchev–Trinajstić information content (AvgIpc) is 2.67. The van der Waals surface area contributed by atoms with Gasteiger partial charge in [-0.15, -0.1) is 0 Å². The van der Waals surface area contributed by atoms with Gasteiger partial charge in [0, 0.05) is 5.69 Å². The van der Waals surface area contributed by atoms with E-state index in [0.29, 0.717) is 0 Å². The molecule has 3 nitrogen and oxygen atoms in total. The van der Waals surface area contributed by atoms with Crippen LogP contribution in [-0.2, 0) is 4.79 Å². The number of hydrogen-bond donors (Lipinski definition) is 1. The van der Waals surface area contributed by atoms with Crippen LogP contribution in [0.5, 0.6) is 0 Å². The van der Waals surface area contributed by atoms with Gasteiger partial charge in [-0.05, 0) is 29.7 Å². The Labute approximate surface area is 148 Å². The van der Waals surface area contributed by atoms with Gasteiger partial charge >= 0.3 is 0 Å². The van der Waals surface area contributed by atoms with Crippen LogP contribution in [0.25, 0.3) is 0 Å². The second-order valence-electron chi connectivity index (χ2n) is 5.93. The third-order valence-electron chi connectivity index (χ3n) is 4.27. The number of carbonyl (C=O) groups is 1. The number of aliphatic hydroxyl groups excluding tert-OH is 1. The molecule has 0 unspecified atom stereocenters. The van der Waals surface area contributed by atoms with Gasteiger partial charge in [0.15, 0.2) is 0 Å². The zero-order chi connectivity index (χ0) is 17.6. The second-order valence-corrected chi connectivity index (χ2v) is 5.93. The molecule has 0 aliphatic carbocycles. The summed E-state index contributed by atoms with van der Waals surface area (Å²) in [4.78, 5) is 14.4. The van der Waals surface area contributed by atoms with Crippen molar-refractivity contribution >= 4 is 11.6 Å². The minimum absolute atomic E-state index is 0.303. The van der Waals surface area contributed by atoms with Crippen LogP contribution in [0, 0.1) is 6.92 Å². The van der Waals surface area contributed by atoms with Crippen LogP contribution in [0.2, 0.25) is 0 Å². The van der Waals surface area contributed by atoms with E-state index in [4.69, 9.17) is 0 Å². The summed E-state index contributed by atoms with van der Waals surface area (Å²) in [5, 5.41) is 9.61. The van der Waals surface area contributed by atoms with Crippen molar-refractivity contribution in [3.05, 3.63) is 102 Å². The Kier molecular flexibility index (Phi) is 5.26. The molecular weight excluding hydrogens is 310 g/mol. The average molecular weight is 331 g/mol. The minimum Gasteiger partial charge on any atom is -0.387 e. The molecule has 126 valence electrons. The van der Waals surface area contributed by atoms with Crippen molar-refractivity contribution in [1.29, 1.82) is 0 Å². The molecule has 0 saturated heterocycles. The van der Waals surface area contributed by atoms with E-state index in [1.165, 1.54) is 0 Å². The summed E-state index contributed by atoms with van der Waals surface area (Å²) in [5.74, 6) is -0.327. The van der Waals surface area contributed by atoms with Crippen LogP contribution in [-0.4, -0.2) is 17.6 Å². The fraction of sp³-hybridized carbons (Fsp3) is 0.136. The first-order valence-corrected chi connectivity index (χ1v) is 8.31. The van der Waals surface area contributed by atoms with E-state index in [1.807, 2.05) is 91.9 Å². The van der Waals surface area contributed by atoms with Crippen molar-refractivity contribution in [3.63, 3.8) is 0 Å². The van der Waals surface area contributed by atoms with Crippen molar-refractivity contribution in [2.24, 2.45) is 0 Å². The Morgan fingerprint density at radius 1 is 0.840 bits per heavy atom. The summed E-state index contributed by atoms with van der Waals surface area (Å²) in [6.07, 6.45) is 0. The number of aliphatic hydroxyl groups is 1. The third-order valence-corrected chi connectivity index (χ3v) is 4.27. The van der Waals surface area contributed by atoms with E-state index in [2.05, 4.69) is 0 Å². The molecule has 1 amide bonds. The highest BCUT2D eigenvalue weighted by atomic mass is 16.3. The zero-order valence-corrected chi connectivity index (χ0v) is 14.2. The lowest BCUT2D eigenvalue weighted by Gasteiger charge is -2.33. The number of benzene rings is 3. The lowest BCUT2D eigenvalue weighted by molar-refractivity contribution is -0.121. The largest absolute Gasteiger partial charge is 0.387 e. The molecule has 0 radical (unpaired) electrons. The maximum absolute atomic E-state index is 12.7. The molecule has 0 spiro atoms. The molecule has 0 aliphatic heterocycles. The van der Waals surface area contributed by atoms with E-state index in [1.54, 1.807) is 4.90 Å². The topological polar surface area (TPSA) is 40.5 Å². The predicted molar refractivity (Wildman–Crippen MR) is 100 cm³/mol. The molecule has 3 heteroatoms. The lowest BCUT2D eigenvalue weighted by Crippen LogP contribution is -2.38. The summed E-state index contributed by atoms with van der Waals surface area (Å²) in [6, 6.07) is 27.2. The molecule has 3 rings (SSSR count). The SMILES string of the molecule is Cc1ccccc1N(C(=O)CO)C(c1ccccc1)c1ccccc1. The van der Waals surface area contributed by atoms with Gasteiger partial charge in [0.1, 0.15) is 6.61 Å². The number of aryl methyl sites for hydroxylation is 1. The fourth-order valence-corrected chi connectivity index (χ4v) is 3.09. The summed E-state index contributed by atoms with van der Waals surface area (Å²) >= 11 is 0. The highest BCUT2D eigenvalue weighted by Crippen LogP contribution is 2.34. The molecule has 0 heterocycles. The van der Waals surface area contributed by atoms with Crippen LogP contribution in [0.15, 0.2) is 84.9 Å². The van der Waals surface area contributed by atoms with Gasteiger partial charge in [0.2, 0.25) is 0 Å². The van der Waals surface area contributed by atoms with Crippen LogP contribution < -0.4 is 4.90 Å². The van der Waals surface area contributed by atoms with Crippen molar-refractivity contribution < 1.29 is 9.90 Å². The second kappa shape index (κ2) is 7.77. The quantitative estimate of drug-likeness (QED) is 0.764. The summed E-state index contributed by atoms with van der Waals surface area (Å²) in [5.41, 5.74) is 3.79. The summed E-state index contributed by atoms with van der Waals surface area (Å²) in [7, 11) is 0. The van der Waals surface area contributed by atoms with E-state index < -0.39 is 6.61 Å². The maximum atomic E-state index is 12.7. The number of hydrogen-bond acceptors (Lipinski definition) is 2. The number of amides is 1. The molecule has 0 bridgehead atoms. The van der Waals surface area contributed by atoms with Crippen LogP contribution >= 0.6 is 0 Å². The molecule has 0 saturated carbocycles. The van der Waals surface area contributed by atoms with Gasteiger partial charge in [-0.2, -0.15) is 0 Å². The summed E-state index contributed by atoms with van der Waals surface area (Å²) in [6.45, 7) is 1.44. The number of anilines is 1. The number of para-hydroxylation sites is 1. The zero-order valence-electron chi connectivity index (χ0n) is 14.2. The molecule has 0 aromatic heterocycles. The van der Waals surface area contributed by atoms with Gasteiger partial charge in [0.05, 0.1) is 6.04 Å². The minimum atomic E-state index is -0.537. The highest BCUT2D eigenvalue weighted by molar-refractivity contribution is 5.96. The number of rotatable bonds is 5. The lowest BCUT2D eigenvalue weighted by atomic mass is 9.95. The maximum Gasteiger partial charge on any atom is 0.253 e. The normalized spacial score (nSPS) is 10.7. The van der Waals surface area contributed by atoms with Crippen molar-refractivity contribution in [3.8, 4) is 0 Å². The molecule has 3 aromatic carbocycles. The van der Waals surface area contributed by atoms with E-state index in [9.17, 15) is 9.90 Å². The van der Waals surface area contributed by atoms with Crippen molar-refractivity contribution in [1.82, 2.24) is 0 Å². The molecule has 0 fully saturated rings. The standard InChI is InChI=1S/C22H21NO2/c1-17-10-8-9-15-20(17)23(21(25)16-24)22(18-11-4-2-5-12-18)19-13-6-3-7-14-19/h2-15,22,24H,16H2,1H3. The molecular formula is C22H21NO2. The first-order chi connectivity index (χ1) is 12.2. The first-order valence-electron chi connectivity index (χ1n) is 8.31. The molecule has 1 N–H and O–H groups in total. The summed E-state index contributed by atoms with van der Waals surface area (Å²) < 4.78 is 0. The third kappa shape index (κ3) is 3.62. The Morgan fingerprint density at radius 2 is 1.32 bits per heavy atom. The Bertz CT molecular complexity index is 791. The van der Waals surface area contributed by atoms with Crippen LogP contribution in [0.3, 0.4) is 0 Å². The first kappa shape index (κ1) is 16.9. The Hall–Kier alpha value is -2.91. The van der Waals surface area contributed by atoms with E-state index in [-0.39, 0.29) is 11.9 Å². The highest BCUT2D eigenvalue weighted by Gasteiger charge is 2.28. The van der Waals surface area contributed by atoms with Crippen LogP contribution in [0.4, 0.5) is 5.69 Å². The molecule has 25 heavy (non-hydrogen) atoms. The van der Waals surface area contributed by atoms with Crippen LogP contribution in [0.1, 0.15) is 22.7 Å². The van der Waals surface area contributed by atoms with Gasteiger partial charge in [-0.25, -0.2) is 0 Å². The Morgan fingerprint density at radius 3 is 1.80 bits per heavy atom. The van der Waals surface area contributed by atoms with Gasteiger partial charge in [0.25, 0.3) is 5.91 Å². The van der Waals surface area contributed by atoms with Gasteiger partial charge in [-0.3, -0.25) is 9.69 Å². The molecule has 3 aromatic rings. The van der Waals surface area contributed by atoms with E-state index >= 15 is 0 Å². The van der Waals surface area contributed by atoms with Gasteiger partial charge < -0.3 is 5.11 Å². The molecule has 0 aliphatic rings. The number of carbonyl (C=O) groups excluding carboxylic acids is 1. The molecule has 0 atom stereocenters. The fourth-order valence-electron chi connectivity index (χ4n) is 3.09. The van der Waals surface area contributed by atoms with Crippen molar-refractivity contribution in [2.45, 2.75) is 13.0 Å². The predicted octanol–water partition coefficient (Wildman–Crippen LogP) is 4.11. The van der Waals surface area contributed by atoms with E-state index in [0.717, 1.165) is 22.4 Å².